The lowest BCUT2D eigenvalue weighted by molar-refractivity contribution is -0.132. The minimum Gasteiger partial charge on any atom is -0.335 e. The van der Waals surface area contributed by atoms with Crippen LogP contribution in [0, 0.1) is 18.8 Å². The molecule has 2 aliphatic heterocycles. The molecule has 0 radical (unpaired) electrons. The van der Waals surface area contributed by atoms with Crippen molar-refractivity contribution >= 4 is 5.91 Å². The lowest BCUT2D eigenvalue weighted by Crippen LogP contribution is -2.35. The molecule has 1 amide bonds. The van der Waals surface area contributed by atoms with Crippen LogP contribution in [0.4, 0.5) is 0 Å². The molecule has 26 heavy (non-hydrogen) atoms. The van der Waals surface area contributed by atoms with Gasteiger partial charge >= 0.3 is 0 Å². The first kappa shape index (κ1) is 17.3. The van der Waals surface area contributed by atoms with E-state index < -0.39 is 0 Å². The van der Waals surface area contributed by atoms with Crippen molar-refractivity contribution in [1.82, 2.24) is 19.8 Å². The van der Waals surface area contributed by atoms with E-state index in [-0.39, 0.29) is 11.9 Å². The van der Waals surface area contributed by atoms with Gasteiger partial charge in [0.1, 0.15) is 5.82 Å². The summed E-state index contributed by atoms with van der Waals surface area (Å²) >= 11 is 0. The zero-order valence-electron chi connectivity index (χ0n) is 15.7. The SMILES string of the molecule is CCc1nccn1CCC(=O)N1C[C@@H]2CNC[C@@H]2[C@H]1c1ccccc1C. The molecular weight excluding hydrogens is 324 g/mol. The van der Waals surface area contributed by atoms with Crippen LogP contribution in [0.5, 0.6) is 0 Å². The number of nitrogens with one attached hydrogen (secondary N) is 1. The fourth-order valence-electron chi connectivity index (χ4n) is 4.71. The van der Waals surface area contributed by atoms with Gasteiger partial charge < -0.3 is 14.8 Å². The van der Waals surface area contributed by atoms with E-state index in [0.717, 1.165) is 31.9 Å². The van der Waals surface area contributed by atoms with Crippen molar-refractivity contribution in [2.24, 2.45) is 11.8 Å². The molecule has 2 aromatic rings. The number of carbonyl (C=O) groups is 1. The largest absolute Gasteiger partial charge is 0.335 e. The van der Waals surface area contributed by atoms with Gasteiger partial charge in [0, 0.05) is 57.3 Å². The summed E-state index contributed by atoms with van der Waals surface area (Å²) < 4.78 is 2.11. The van der Waals surface area contributed by atoms with Crippen molar-refractivity contribution in [3.05, 3.63) is 53.6 Å². The summed E-state index contributed by atoms with van der Waals surface area (Å²) in [5.41, 5.74) is 2.60. The summed E-state index contributed by atoms with van der Waals surface area (Å²) in [7, 11) is 0. The summed E-state index contributed by atoms with van der Waals surface area (Å²) in [5, 5.41) is 3.52. The molecule has 1 aromatic heterocycles. The Kier molecular flexibility index (Phi) is 4.81. The van der Waals surface area contributed by atoms with Crippen LogP contribution in [0.25, 0.3) is 0 Å². The topological polar surface area (TPSA) is 50.2 Å². The second-order valence-electron chi connectivity index (χ2n) is 7.57. The Morgan fingerprint density at radius 3 is 2.96 bits per heavy atom. The van der Waals surface area contributed by atoms with Crippen LogP contribution in [0.2, 0.25) is 0 Å². The van der Waals surface area contributed by atoms with E-state index in [9.17, 15) is 4.79 Å². The van der Waals surface area contributed by atoms with Crippen LogP contribution >= 0.6 is 0 Å². The molecule has 2 fully saturated rings. The number of fused-ring (bicyclic) bond motifs is 1. The zero-order chi connectivity index (χ0) is 18.1. The number of likely N-dealkylation sites (tertiary alicyclic amines) is 1. The summed E-state index contributed by atoms with van der Waals surface area (Å²) in [6.45, 7) is 7.89. The van der Waals surface area contributed by atoms with E-state index >= 15 is 0 Å². The predicted octanol–water partition coefficient (Wildman–Crippen LogP) is 2.56. The molecule has 0 unspecified atom stereocenters. The third-order valence-electron chi connectivity index (χ3n) is 6.08. The van der Waals surface area contributed by atoms with Crippen LogP contribution in [-0.4, -0.2) is 40.0 Å². The van der Waals surface area contributed by atoms with Gasteiger partial charge in [0.2, 0.25) is 5.91 Å². The number of imidazole rings is 1. The van der Waals surface area contributed by atoms with Crippen LogP contribution in [-0.2, 0) is 17.8 Å². The Hall–Kier alpha value is -2.14. The number of nitrogens with zero attached hydrogens (tertiary/aromatic N) is 3. The highest BCUT2D eigenvalue weighted by Crippen LogP contribution is 2.43. The minimum absolute atomic E-state index is 0.206. The van der Waals surface area contributed by atoms with Gasteiger partial charge in [-0.1, -0.05) is 31.2 Å². The van der Waals surface area contributed by atoms with Gasteiger partial charge in [0.15, 0.2) is 0 Å². The molecule has 0 spiro atoms. The standard InChI is InChI=1S/C21H28N4O/c1-3-19-23-9-11-24(19)10-8-20(26)25-14-16-12-22-13-18(16)21(25)17-7-5-4-6-15(17)2/h4-7,9,11,16,18,21-22H,3,8,10,12-14H2,1-2H3/t16-,18-,21+/m0/s1. The summed E-state index contributed by atoms with van der Waals surface area (Å²) in [6.07, 6.45) is 5.24. The molecule has 1 aromatic carbocycles. The molecule has 138 valence electrons. The second-order valence-corrected chi connectivity index (χ2v) is 7.57. The monoisotopic (exact) mass is 352 g/mol. The number of amides is 1. The third-order valence-corrected chi connectivity index (χ3v) is 6.08. The number of aromatic nitrogens is 2. The highest BCUT2D eigenvalue weighted by Gasteiger charge is 2.46. The summed E-state index contributed by atoms with van der Waals surface area (Å²) in [5.74, 6) is 2.42. The number of hydrogen-bond donors (Lipinski definition) is 1. The van der Waals surface area contributed by atoms with E-state index in [1.165, 1.54) is 11.1 Å². The molecule has 2 aliphatic rings. The molecule has 5 nitrogen and oxygen atoms in total. The first-order valence-corrected chi connectivity index (χ1v) is 9.74. The predicted molar refractivity (Wildman–Crippen MR) is 102 cm³/mol. The Labute approximate surface area is 155 Å². The van der Waals surface area contributed by atoms with Crippen molar-refractivity contribution in [2.45, 2.75) is 39.3 Å². The molecule has 2 saturated heterocycles. The zero-order valence-corrected chi connectivity index (χ0v) is 15.7. The van der Waals surface area contributed by atoms with E-state index in [2.05, 4.69) is 57.9 Å². The van der Waals surface area contributed by atoms with Gasteiger partial charge in [-0.05, 0) is 24.0 Å². The highest BCUT2D eigenvalue weighted by molar-refractivity contribution is 5.77. The van der Waals surface area contributed by atoms with Crippen molar-refractivity contribution in [3.8, 4) is 0 Å². The number of rotatable bonds is 5. The molecule has 3 atom stereocenters. The fourth-order valence-corrected chi connectivity index (χ4v) is 4.71. The van der Waals surface area contributed by atoms with Crippen molar-refractivity contribution < 1.29 is 4.79 Å². The summed E-state index contributed by atoms with van der Waals surface area (Å²) in [4.78, 5) is 19.7. The first-order valence-electron chi connectivity index (χ1n) is 9.74. The molecule has 3 heterocycles. The van der Waals surface area contributed by atoms with Crippen molar-refractivity contribution in [1.29, 1.82) is 0 Å². The molecule has 5 heteroatoms. The van der Waals surface area contributed by atoms with Gasteiger partial charge in [0.05, 0.1) is 6.04 Å². The van der Waals surface area contributed by atoms with Crippen molar-refractivity contribution in [2.75, 3.05) is 19.6 Å². The number of benzene rings is 1. The maximum Gasteiger partial charge on any atom is 0.224 e. The molecule has 0 saturated carbocycles. The Bertz CT molecular complexity index is 784. The molecule has 1 N–H and O–H groups in total. The average molecular weight is 352 g/mol. The van der Waals surface area contributed by atoms with Gasteiger partial charge in [-0.3, -0.25) is 4.79 Å². The third kappa shape index (κ3) is 3.05. The smallest absolute Gasteiger partial charge is 0.224 e. The van der Waals surface area contributed by atoms with Gasteiger partial charge in [-0.15, -0.1) is 0 Å². The van der Waals surface area contributed by atoms with Crippen LogP contribution in [0.15, 0.2) is 36.7 Å². The average Bonchev–Trinajstić information content (AvgIpc) is 3.35. The molecular formula is C21H28N4O. The lowest BCUT2D eigenvalue weighted by atomic mass is 9.87. The van der Waals surface area contributed by atoms with Gasteiger partial charge in [0.25, 0.3) is 0 Å². The maximum absolute atomic E-state index is 13.1. The first-order chi connectivity index (χ1) is 12.7. The Morgan fingerprint density at radius 1 is 1.31 bits per heavy atom. The molecule has 4 rings (SSSR count). The number of aryl methyl sites for hydroxylation is 3. The Morgan fingerprint density at radius 2 is 2.15 bits per heavy atom. The minimum atomic E-state index is 0.206. The Balaban J connectivity index is 1.54. The second kappa shape index (κ2) is 7.23. The maximum atomic E-state index is 13.1. The quantitative estimate of drug-likeness (QED) is 0.900. The van der Waals surface area contributed by atoms with Crippen LogP contribution in [0.1, 0.15) is 36.3 Å². The highest BCUT2D eigenvalue weighted by atomic mass is 16.2. The molecule has 0 bridgehead atoms. The van der Waals surface area contributed by atoms with E-state index in [1.54, 1.807) is 0 Å². The van der Waals surface area contributed by atoms with Crippen LogP contribution in [0.3, 0.4) is 0 Å². The number of carbonyl (C=O) groups excluding carboxylic acids is 1. The van der Waals surface area contributed by atoms with Crippen LogP contribution < -0.4 is 5.32 Å². The number of hydrogen-bond acceptors (Lipinski definition) is 3. The van der Waals surface area contributed by atoms with E-state index in [0.29, 0.717) is 24.8 Å². The molecule has 0 aliphatic carbocycles. The van der Waals surface area contributed by atoms with Gasteiger partial charge in [-0.25, -0.2) is 4.98 Å². The van der Waals surface area contributed by atoms with E-state index in [1.807, 2.05) is 12.4 Å². The van der Waals surface area contributed by atoms with Gasteiger partial charge in [-0.2, -0.15) is 0 Å². The van der Waals surface area contributed by atoms with E-state index in [4.69, 9.17) is 0 Å². The normalized spacial score (nSPS) is 24.8. The van der Waals surface area contributed by atoms with Crippen molar-refractivity contribution in [3.63, 3.8) is 0 Å². The lowest BCUT2D eigenvalue weighted by Gasteiger charge is -2.30. The summed E-state index contributed by atoms with van der Waals surface area (Å²) in [6, 6.07) is 8.74. The fraction of sp³-hybridized carbons (Fsp3) is 0.524.